The average molecular weight is 399 g/mol. The zero-order valence-corrected chi connectivity index (χ0v) is 15.7. The van der Waals surface area contributed by atoms with E-state index < -0.39 is 5.60 Å². The highest BCUT2D eigenvalue weighted by Gasteiger charge is 2.41. The minimum Gasteiger partial charge on any atom is -0.477 e. The number of halogens is 3. The van der Waals surface area contributed by atoms with E-state index in [1.807, 2.05) is 0 Å². The van der Waals surface area contributed by atoms with Gasteiger partial charge < -0.3 is 15.4 Å². The van der Waals surface area contributed by atoms with Crippen LogP contribution in [-0.2, 0) is 11.3 Å². The minimum atomic E-state index is -0.938. The van der Waals surface area contributed by atoms with Crippen LogP contribution in [-0.4, -0.2) is 24.6 Å². The van der Waals surface area contributed by atoms with Gasteiger partial charge in [-0.15, -0.1) is 12.4 Å². The number of nitrogens with one attached hydrogen (secondary N) is 2. The van der Waals surface area contributed by atoms with Gasteiger partial charge in [0.15, 0.2) is 5.60 Å². The zero-order chi connectivity index (χ0) is 17.7. The Kier molecular flexibility index (Phi) is 7.26. The highest BCUT2D eigenvalue weighted by atomic mass is 35.5. The molecule has 0 bridgehead atoms. The van der Waals surface area contributed by atoms with Crippen LogP contribution in [0.4, 0.5) is 4.39 Å². The molecule has 0 saturated carbocycles. The Hall–Kier alpha value is -1.82. The van der Waals surface area contributed by atoms with Crippen molar-refractivity contribution in [3.8, 4) is 5.75 Å². The van der Waals surface area contributed by atoms with Gasteiger partial charge in [-0.25, -0.2) is 4.39 Å². The quantitative estimate of drug-likeness (QED) is 0.806. The number of piperidine rings is 1. The van der Waals surface area contributed by atoms with E-state index in [9.17, 15) is 9.18 Å². The Morgan fingerprint density at radius 3 is 2.54 bits per heavy atom. The lowest BCUT2D eigenvalue weighted by atomic mass is 9.90. The van der Waals surface area contributed by atoms with Crippen molar-refractivity contribution in [1.82, 2.24) is 10.6 Å². The van der Waals surface area contributed by atoms with Crippen molar-refractivity contribution in [3.05, 3.63) is 64.9 Å². The molecule has 0 aromatic heterocycles. The third-order valence-corrected chi connectivity index (χ3v) is 4.55. The standard InChI is InChI=1S/C19H20ClFN2O2.ClH/c20-15-4-6-17(7-5-15)25-19(8-10-22-11-9-19)18(24)23-13-14-2-1-3-16(21)12-14;/h1-7,12,22H,8-11,13H2,(H,23,24);1H. The molecule has 2 aromatic carbocycles. The summed E-state index contributed by atoms with van der Waals surface area (Å²) in [4.78, 5) is 12.9. The van der Waals surface area contributed by atoms with Crippen molar-refractivity contribution in [1.29, 1.82) is 0 Å². The van der Waals surface area contributed by atoms with Crippen molar-refractivity contribution in [3.63, 3.8) is 0 Å². The molecule has 1 fully saturated rings. The van der Waals surface area contributed by atoms with Crippen LogP contribution in [0.5, 0.6) is 5.75 Å². The van der Waals surface area contributed by atoms with Gasteiger partial charge in [0.2, 0.25) is 0 Å². The van der Waals surface area contributed by atoms with Crippen molar-refractivity contribution in [2.45, 2.75) is 25.0 Å². The van der Waals surface area contributed by atoms with Crippen molar-refractivity contribution in [2.75, 3.05) is 13.1 Å². The van der Waals surface area contributed by atoms with Crippen LogP contribution >= 0.6 is 24.0 Å². The Morgan fingerprint density at radius 1 is 1.19 bits per heavy atom. The molecule has 1 aliphatic rings. The second kappa shape index (κ2) is 9.21. The Morgan fingerprint density at radius 2 is 1.88 bits per heavy atom. The summed E-state index contributed by atoms with van der Waals surface area (Å²) in [6.07, 6.45) is 1.12. The molecule has 0 radical (unpaired) electrons. The first-order valence-corrected chi connectivity index (χ1v) is 8.63. The van der Waals surface area contributed by atoms with Gasteiger partial charge in [-0.1, -0.05) is 23.7 Å². The highest BCUT2D eigenvalue weighted by Crippen LogP contribution is 2.28. The molecule has 2 aromatic rings. The number of rotatable bonds is 5. The summed E-state index contributed by atoms with van der Waals surface area (Å²) < 4.78 is 19.4. The number of benzene rings is 2. The van der Waals surface area contributed by atoms with Gasteiger partial charge in [0, 0.05) is 24.4 Å². The van der Waals surface area contributed by atoms with Crippen molar-refractivity contribution in [2.24, 2.45) is 0 Å². The number of hydrogen-bond donors (Lipinski definition) is 2. The maximum atomic E-state index is 13.3. The molecule has 1 aliphatic heterocycles. The number of hydrogen-bond acceptors (Lipinski definition) is 3. The molecule has 0 spiro atoms. The molecule has 1 amide bonds. The molecule has 26 heavy (non-hydrogen) atoms. The fourth-order valence-electron chi connectivity index (χ4n) is 2.92. The number of ether oxygens (including phenoxy) is 1. The molecule has 2 N–H and O–H groups in total. The third-order valence-electron chi connectivity index (χ3n) is 4.29. The van der Waals surface area contributed by atoms with E-state index in [1.54, 1.807) is 36.4 Å². The molecule has 0 aliphatic carbocycles. The van der Waals surface area contributed by atoms with Gasteiger partial charge in [0.05, 0.1) is 0 Å². The molecule has 4 nitrogen and oxygen atoms in total. The predicted molar refractivity (Wildman–Crippen MR) is 102 cm³/mol. The molecule has 1 saturated heterocycles. The SMILES string of the molecule is Cl.O=C(NCc1cccc(F)c1)C1(Oc2ccc(Cl)cc2)CCNCC1. The Bertz CT molecular complexity index is 735. The van der Waals surface area contributed by atoms with Crippen LogP contribution in [0.2, 0.25) is 5.02 Å². The largest absolute Gasteiger partial charge is 0.477 e. The maximum absolute atomic E-state index is 13.3. The van der Waals surface area contributed by atoms with Gasteiger partial charge in [-0.3, -0.25) is 4.79 Å². The molecular weight excluding hydrogens is 378 g/mol. The van der Waals surface area contributed by atoms with E-state index in [-0.39, 0.29) is 30.7 Å². The molecule has 3 rings (SSSR count). The highest BCUT2D eigenvalue weighted by molar-refractivity contribution is 6.30. The lowest BCUT2D eigenvalue weighted by Gasteiger charge is -2.36. The zero-order valence-electron chi connectivity index (χ0n) is 14.1. The number of carbonyl (C=O) groups excluding carboxylic acids is 1. The fourth-order valence-corrected chi connectivity index (χ4v) is 3.05. The predicted octanol–water partition coefficient (Wildman–Crippen LogP) is 3.72. The smallest absolute Gasteiger partial charge is 0.264 e. The van der Waals surface area contributed by atoms with Crippen LogP contribution in [0, 0.1) is 5.82 Å². The van der Waals surface area contributed by atoms with E-state index in [1.165, 1.54) is 12.1 Å². The van der Waals surface area contributed by atoms with Crippen LogP contribution in [0.3, 0.4) is 0 Å². The first-order chi connectivity index (χ1) is 12.1. The summed E-state index contributed by atoms with van der Waals surface area (Å²) >= 11 is 5.91. The number of amides is 1. The molecule has 0 unspecified atom stereocenters. The first-order valence-electron chi connectivity index (χ1n) is 8.25. The van der Waals surface area contributed by atoms with Gasteiger partial charge >= 0.3 is 0 Å². The summed E-state index contributed by atoms with van der Waals surface area (Å²) in [5, 5.41) is 6.74. The van der Waals surface area contributed by atoms with Crippen LogP contribution in [0.1, 0.15) is 18.4 Å². The Balaban J connectivity index is 0.00000243. The average Bonchev–Trinajstić information content (AvgIpc) is 2.62. The lowest BCUT2D eigenvalue weighted by Crippen LogP contribution is -2.56. The van der Waals surface area contributed by atoms with Gasteiger partial charge in [0.25, 0.3) is 5.91 Å². The molecule has 140 valence electrons. The van der Waals surface area contributed by atoms with E-state index in [2.05, 4.69) is 10.6 Å². The molecule has 7 heteroatoms. The first kappa shape index (κ1) is 20.5. The van der Waals surface area contributed by atoms with E-state index in [0.717, 1.165) is 0 Å². The van der Waals surface area contributed by atoms with Gasteiger partial charge in [-0.2, -0.15) is 0 Å². The summed E-state index contributed by atoms with van der Waals surface area (Å²) in [6.45, 7) is 1.65. The Labute approximate surface area is 163 Å². The summed E-state index contributed by atoms with van der Waals surface area (Å²) in [7, 11) is 0. The fraction of sp³-hybridized carbons (Fsp3) is 0.316. The van der Waals surface area contributed by atoms with Crippen LogP contribution < -0.4 is 15.4 Å². The molecule has 0 atom stereocenters. The van der Waals surface area contributed by atoms with Gasteiger partial charge in [0.1, 0.15) is 11.6 Å². The van der Waals surface area contributed by atoms with E-state index in [0.29, 0.717) is 42.3 Å². The van der Waals surface area contributed by atoms with Crippen molar-refractivity contribution >= 4 is 29.9 Å². The summed E-state index contributed by atoms with van der Waals surface area (Å²) in [6, 6.07) is 13.2. The topological polar surface area (TPSA) is 50.4 Å². The number of carbonyl (C=O) groups is 1. The molecule has 1 heterocycles. The normalized spacial score (nSPS) is 15.6. The molecular formula is C19H21Cl2FN2O2. The van der Waals surface area contributed by atoms with Crippen molar-refractivity contribution < 1.29 is 13.9 Å². The second-order valence-corrected chi connectivity index (χ2v) is 6.55. The monoisotopic (exact) mass is 398 g/mol. The summed E-state index contributed by atoms with van der Waals surface area (Å²) in [5.41, 5.74) is -0.226. The minimum absolute atomic E-state index is 0. The summed E-state index contributed by atoms with van der Waals surface area (Å²) in [5.74, 6) is 0.0983. The lowest BCUT2D eigenvalue weighted by molar-refractivity contribution is -0.139. The second-order valence-electron chi connectivity index (χ2n) is 6.11. The third kappa shape index (κ3) is 5.10. The van der Waals surface area contributed by atoms with E-state index in [4.69, 9.17) is 16.3 Å². The van der Waals surface area contributed by atoms with Crippen LogP contribution in [0.15, 0.2) is 48.5 Å². The maximum Gasteiger partial charge on any atom is 0.264 e. The van der Waals surface area contributed by atoms with Crippen LogP contribution in [0.25, 0.3) is 0 Å². The van der Waals surface area contributed by atoms with E-state index >= 15 is 0 Å². The van der Waals surface area contributed by atoms with Gasteiger partial charge in [-0.05, 0) is 55.1 Å².